The predicted molar refractivity (Wildman–Crippen MR) is 137 cm³/mol. The van der Waals surface area contributed by atoms with Gasteiger partial charge < -0.3 is 26.1 Å². The summed E-state index contributed by atoms with van der Waals surface area (Å²) in [6.07, 6.45) is 4.91. The number of nitrogens with one attached hydrogen (secondary N) is 1. The van der Waals surface area contributed by atoms with Crippen molar-refractivity contribution in [2.45, 2.75) is 49.2 Å². The molecule has 1 aliphatic carbocycles. The predicted octanol–water partition coefficient (Wildman–Crippen LogP) is 2.23. The molecule has 192 valence electrons. The van der Waals surface area contributed by atoms with Crippen molar-refractivity contribution in [3.8, 4) is 12.1 Å². The Hall–Kier alpha value is -3.43. The number of nitrogen functional groups attached to an aromatic ring is 1. The zero-order chi connectivity index (χ0) is 25.5. The summed E-state index contributed by atoms with van der Waals surface area (Å²) in [5, 5.41) is 10.9. The molecule has 1 unspecified atom stereocenters. The van der Waals surface area contributed by atoms with Crippen LogP contribution in [-0.4, -0.2) is 70.3 Å². The number of primary amides is 1. The van der Waals surface area contributed by atoms with E-state index in [1.54, 1.807) is 6.20 Å². The molecule has 3 aromatic heterocycles. The lowest BCUT2D eigenvalue weighted by Gasteiger charge is -2.49. The molecule has 37 heavy (non-hydrogen) atoms. The van der Waals surface area contributed by atoms with Gasteiger partial charge in [-0.1, -0.05) is 0 Å². The van der Waals surface area contributed by atoms with Gasteiger partial charge in [0.2, 0.25) is 0 Å². The van der Waals surface area contributed by atoms with E-state index in [1.807, 2.05) is 0 Å². The summed E-state index contributed by atoms with van der Waals surface area (Å²) >= 11 is 1.51. The molecule has 4 aliphatic rings. The molecule has 0 aromatic carbocycles. The van der Waals surface area contributed by atoms with E-state index in [1.165, 1.54) is 16.2 Å². The molecule has 10 nitrogen and oxygen atoms in total. The Labute approximate surface area is 216 Å². The number of anilines is 2. The first-order valence-corrected chi connectivity index (χ1v) is 13.4. The summed E-state index contributed by atoms with van der Waals surface area (Å²) in [6, 6.07) is 2.49. The van der Waals surface area contributed by atoms with E-state index < -0.39 is 12.1 Å². The van der Waals surface area contributed by atoms with E-state index in [0.29, 0.717) is 65.6 Å². The smallest absolute Gasteiger partial charge is 0.320 e. The van der Waals surface area contributed by atoms with Crippen molar-refractivity contribution in [2.24, 2.45) is 5.73 Å². The molecular weight excluding hydrogens is 495 g/mol. The van der Waals surface area contributed by atoms with Crippen LogP contribution in [0.5, 0.6) is 6.01 Å². The molecule has 0 bridgehead atoms. The number of fused-ring (bicyclic) bond motifs is 4. The topological polar surface area (TPSA) is 150 Å². The minimum absolute atomic E-state index is 0.167. The van der Waals surface area contributed by atoms with Crippen LogP contribution in [-0.2, 0) is 11.8 Å². The summed E-state index contributed by atoms with van der Waals surface area (Å²) in [5.41, 5.74) is 13.8. The van der Waals surface area contributed by atoms with Crippen LogP contribution in [0.2, 0.25) is 0 Å². The third-order valence-corrected chi connectivity index (χ3v) is 9.83. The first-order chi connectivity index (χ1) is 17.8. The lowest BCUT2D eigenvalue weighted by molar-refractivity contribution is 0.100. The van der Waals surface area contributed by atoms with Crippen LogP contribution in [0.15, 0.2) is 6.20 Å². The normalized spacial score (nSPS) is 25.8. The molecule has 3 aromatic rings. The average Bonchev–Trinajstić information content (AvgIpc) is 3.61. The molecule has 7 rings (SSSR count). The monoisotopic (exact) mass is 522 g/mol. The molecule has 3 saturated heterocycles. The minimum atomic E-state index is -0.845. The van der Waals surface area contributed by atoms with Crippen molar-refractivity contribution in [1.82, 2.24) is 19.9 Å². The molecule has 12 heteroatoms. The zero-order valence-corrected chi connectivity index (χ0v) is 21.0. The first-order valence-electron chi connectivity index (χ1n) is 12.6. The number of thiophene rings is 1. The molecule has 0 radical (unpaired) electrons. The number of hydrogen-bond acceptors (Lipinski definition) is 9. The number of nitrogens with two attached hydrogens (primary N) is 2. The fourth-order valence-electron chi connectivity index (χ4n) is 7.10. The van der Waals surface area contributed by atoms with Crippen LogP contribution in [0, 0.1) is 11.3 Å². The van der Waals surface area contributed by atoms with Gasteiger partial charge in [0, 0.05) is 42.5 Å². The minimum Gasteiger partial charge on any atom is -0.461 e. The number of aryl methyl sites for hydroxylation is 1. The van der Waals surface area contributed by atoms with E-state index in [4.69, 9.17) is 21.2 Å². The molecule has 5 N–H and O–H groups in total. The summed E-state index contributed by atoms with van der Waals surface area (Å²) in [7, 11) is 0. The standard InChI is InChI=1S/C25H27FN8O2S/c26-13-6-25(3-1-5-34(25)9-13)12-36-23-31-21-17(15(8-30-21)19(28)35)22(32-23)33-10-24(11-33)4-2-16-18(24)14(7-27)20(29)37-16/h8,13H,1-6,9-12,29H2,(H2,28,35)(H,30,31,32)/t13?,25-/m0/s1. The zero-order valence-electron chi connectivity index (χ0n) is 20.2. The molecule has 2 atom stereocenters. The number of hydrogen-bond donors (Lipinski definition) is 3. The van der Waals surface area contributed by atoms with Crippen molar-refractivity contribution >= 4 is 39.1 Å². The maximum absolute atomic E-state index is 14.2. The summed E-state index contributed by atoms with van der Waals surface area (Å²) in [5.74, 6) is 0.00682. The molecular formula is C25H27FN8O2S. The summed E-state index contributed by atoms with van der Waals surface area (Å²) in [4.78, 5) is 30.0. The van der Waals surface area contributed by atoms with E-state index in [9.17, 15) is 14.4 Å². The maximum atomic E-state index is 14.2. The number of nitrogens with zero attached hydrogens (tertiary/aromatic N) is 5. The second-order valence-electron chi connectivity index (χ2n) is 10.9. The molecule has 3 fully saturated rings. The fourth-order valence-corrected chi connectivity index (χ4v) is 8.24. The second-order valence-corrected chi connectivity index (χ2v) is 12.0. The van der Waals surface area contributed by atoms with Gasteiger partial charge in [-0.2, -0.15) is 15.2 Å². The number of amides is 1. The number of nitriles is 1. The number of aromatic nitrogens is 3. The van der Waals surface area contributed by atoms with E-state index >= 15 is 0 Å². The number of H-pyrrole nitrogens is 1. The highest BCUT2D eigenvalue weighted by atomic mass is 32.1. The lowest BCUT2D eigenvalue weighted by Crippen LogP contribution is -2.59. The highest BCUT2D eigenvalue weighted by Gasteiger charge is 2.52. The van der Waals surface area contributed by atoms with E-state index in [-0.39, 0.29) is 17.0 Å². The Morgan fingerprint density at radius 1 is 1.38 bits per heavy atom. The van der Waals surface area contributed by atoms with Crippen molar-refractivity contribution < 1.29 is 13.9 Å². The molecule has 6 heterocycles. The Morgan fingerprint density at radius 2 is 2.22 bits per heavy atom. The van der Waals surface area contributed by atoms with Crippen molar-refractivity contribution in [3.63, 3.8) is 0 Å². The third-order valence-electron chi connectivity index (χ3n) is 8.76. The number of alkyl halides is 1. The Morgan fingerprint density at radius 3 is 3.00 bits per heavy atom. The second kappa shape index (κ2) is 7.79. The molecule has 0 saturated carbocycles. The quantitative estimate of drug-likeness (QED) is 0.462. The highest BCUT2D eigenvalue weighted by Crippen LogP contribution is 2.53. The van der Waals surface area contributed by atoms with Gasteiger partial charge in [-0.3, -0.25) is 9.69 Å². The number of aromatic amines is 1. The van der Waals surface area contributed by atoms with Gasteiger partial charge in [0.25, 0.3) is 5.91 Å². The summed E-state index contributed by atoms with van der Waals surface area (Å²) in [6.45, 7) is 2.92. The number of carbonyl (C=O) groups excluding carboxylic acids is 1. The van der Waals surface area contributed by atoms with E-state index in [0.717, 1.165) is 37.8 Å². The van der Waals surface area contributed by atoms with Gasteiger partial charge in [0.05, 0.1) is 22.1 Å². The van der Waals surface area contributed by atoms with Crippen molar-refractivity contribution in [1.29, 1.82) is 5.26 Å². The number of ether oxygens (including phenoxy) is 1. The summed E-state index contributed by atoms with van der Waals surface area (Å²) < 4.78 is 20.4. The van der Waals surface area contributed by atoms with Gasteiger partial charge in [0.1, 0.15) is 35.3 Å². The van der Waals surface area contributed by atoms with E-state index in [2.05, 4.69) is 25.8 Å². The van der Waals surface area contributed by atoms with Crippen LogP contribution < -0.4 is 21.1 Å². The van der Waals surface area contributed by atoms with Crippen LogP contribution in [0.3, 0.4) is 0 Å². The third kappa shape index (κ3) is 3.20. The van der Waals surface area contributed by atoms with Crippen molar-refractivity contribution in [3.05, 3.63) is 27.8 Å². The van der Waals surface area contributed by atoms with Crippen molar-refractivity contribution in [2.75, 3.05) is 43.4 Å². The van der Waals surface area contributed by atoms with Crippen LogP contribution in [0.25, 0.3) is 11.0 Å². The number of rotatable bonds is 5. The van der Waals surface area contributed by atoms with Gasteiger partial charge in [-0.15, -0.1) is 11.3 Å². The Kier molecular flexibility index (Phi) is 4.79. The first kappa shape index (κ1) is 22.7. The maximum Gasteiger partial charge on any atom is 0.320 e. The van der Waals surface area contributed by atoms with Gasteiger partial charge in [-0.25, -0.2) is 4.39 Å². The molecule has 1 amide bonds. The largest absolute Gasteiger partial charge is 0.461 e. The average molecular weight is 523 g/mol. The fraction of sp³-hybridized carbons (Fsp3) is 0.520. The highest BCUT2D eigenvalue weighted by molar-refractivity contribution is 7.16. The number of carbonyl (C=O) groups is 1. The Balaban J connectivity index is 1.22. The molecule has 3 aliphatic heterocycles. The van der Waals surface area contributed by atoms with Crippen LogP contribution in [0.4, 0.5) is 15.2 Å². The Bertz CT molecular complexity index is 1490. The van der Waals surface area contributed by atoms with Crippen LogP contribution >= 0.6 is 11.3 Å². The molecule has 1 spiro atoms. The van der Waals surface area contributed by atoms with Gasteiger partial charge in [-0.05, 0) is 37.8 Å². The number of halogens is 1. The SMILES string of the molecule is N#Cc1c(N)sc2c1C1(CC2)CN(c2nc(OC[C@@]34CCCN3CC(F)C4)nc3[nH]cc(C(N)=O)c23)C1. The lowest BCUT2D eigenvalue weighted by atomic mass is 9.74. The van der Waals surface area contributed by atoms with Gasteiger partial charge >= 0.3 is 6.01 Å². The van der Waals surface area contributed by atoms with Crippen LogP contribution in [0.1, 0.15) is 52.0 Å². The van der Waals surface area contributed by atoms with Gasteiger partial charge in [0.15, 0.2) is 0 Å².